The zero-order valence-electron chi connectivity index (χ0n) is 12.2. The van der Waals surface area contributed by atoms with Crippen LogP contribution in [0.3, 0.4) is 0 Å². The number of nitrogens with one attached hydrogen (secondary N) is 1. The van der Waals surface area contributed by atoms with Crippen LogP contribution in [0.15, 0.2) is 35.1 Å². The minimum Gasteiger partial charge on any atom is -0.495 e. The summed E-state index contributed by atoms with van der Waals surface area (Å²) in [5.41, 5.74) is 4.78. The van der Waals surface area contributed by atoms with Crippen LogP contribution in [-0.2, 0) is 0 Å². The molecule has 1 atom stereocenters. The Kier molecular flexibility index (Phi) is 4.78. The van der Waals surface area contributed by atoms with Gasteiger partial charge in [0.05, 0.1) is 19.3 Å². The number of nitrogens with zero attached hydrogens (tertiary/aromatic N) is 1. The molecule has 1 heterocycles. The van der Waals surface area contributed by atoms with Gasteiger partial charge in [-0.15, -0.1) is 0 Å². The van der Waals surface area contributed by atoms with Crippen molar-refractivity contribution in [2.45, 2.75) is 19.9 Å². The second-order valence-electron chi connectivity index (χ2n) is 4.85. The molecule has 0 spiro atoms. The molecule has 0 saturated carbocycles. The predicted octanol–water partition coefficient (Wildman–Crippen LogP) is 3.78. The molecule has 0 fully saturated rings. The SMILES string of the molecule is CNC(c1cncc(OC)c1)c1cc(C)c(Br)c(C)c1. The van der Waals surface area contributed by atoms with E-state index in [1.165, 1.54) is 21.2 Å². The van der Waals surface area contributed by atoms with Gasteiger partial charge >= 0.3 is 0 Å². The molecule has 1 aromatic heterocycles. The van der Waals surface area contributed by atoms with E-state index in [2.05, 4.69) is 52.2 Å². The largest absolute Gasteiger partial charge is 0.495 e. The average molecular weight is 335 g/mol. The lowest BCUT2D eigenvalue weighted by Crippen LogP contribution is -2.18. The summed E-state index contributed by atoms with van der Waals surface area (Å²) in [5.74, 6) is 0.772. The summed E-state index contributed by atoms with van der Waals surface area (Å²) in [7, 11) is 3.61. The monoisotopic (exact) mass is 334 g/mol. The Balaban J connectivity index is 2.46. The highest BCUT2D eigenvalue weighted by atomic mass is 79.9. The Morgan fingerprint density at radius 2 is 1.75 bits per heavy atom. The summed E-state index contributed by atoms with van der Waals surface area (Å²) >= 11 is 3.61. The number of ether oxygens (including phenoxy) is 1. The van der Waals surface area contributed by atoms with Gasteiger partial charge in [0.15, 0.2) is 0 Å². The quantitative estimate of drug-likeness (QED) is 0.923. The number of hydrogen-bond acceptors (Lipinski definition) is 3. The molecule has 0 aliphatic carbocycles. The number of methoxy groups -OCH3 is 1. The summed E-state index contributed by atoms with van der Waals surface area (Å²) < 4.78 is 6.42. The highest BCUT2D eigenvalue weighted by Gasteiger charge is 2.15. The average Bonchev–Trinajstić information content (AvgIpc) is 2.45. The van der Waals surface area contributed by atoms with Crippen molar-refractivity contribution < 1.29 is 4.74 Å². The fourth-order valence-electron chi connectivity index (χ4n) is 2.38. The first-order valence-corrected chi connectivity index (χ1v) is 7.29. The van der Waals surface area contributed by atoms with Crippen LogP contribution in [0, 0.1) is 13.8 Å². The first kappa shape index (κ1) is 15.0. The summed E-state index contributed by atoms with van der Waals surface area (Å²) in [6.45, 7) is 4.22. The van der Waals surface area contributed by atoms with E-state index in [4.69, 9.17) is 4.74 Å². The summed E-state index contributed by atoms with van der Waals surface area (Å²) in [5, 5.41) is 3.35. The highest BCUT2D eigenvalue weighted by Crippen LogP contribution is 2.29. The van der Waals surface area contributed by atoms with Crippen LogP contribution in [0.4, 0.5) is 0 Å². The molecule has 0 saturated heterocycles. The molecule has 20 heavy (non-hydrogen) atoms. The zero-order chi connectivity index (χ0) is 14.7. The van der Waals surface area contributed by atoms with Crippen LogP contribution in [0.5, 0.6) is 5.75 Å². The van der Waals surface area contributed by atoms with E-state index >= 15 is 0 Å². The van der Waals surface area contributed by atoms with Crippen molar-refractivity contribution in [3.63, 3.8) is 0 Å². The molecule has 106 valence electrons. The van der Waals surface area contributed by atoms with Crippen LogP contribution >= 0.6 is 15.9 Å². The Morgan fingerprint density at radius 3 is 2.30 bits per heavy atom. The molecule has 0 amide bonds. The van der Waals surface area contributed by atoms with Crippen LogP contribution in [0.25, 0.3) is 0 Å². The molecule has 4 heteroatoms. The van der Waals surface area contributed by atoms with E-state index < -0.39 is 0 Å². The van der Waals surface area contributed by atoms with Crippen LogP contribution in [-0.4, -0.2) is 19.1 Å². The van der Waals surface area contributed by atoms with E-state index in [9.17, 15) is 0 Å². The number of halogens is 1. The van der Waals surface area contributed by atoms with Crippen molar-refractivity contribution in [2.75, 3.05) is 14.2 Å². The third-order valence-corrected chi connectivity index (χ3v) is 4.63. The van der Waals surface area contributed by atoms with Gasteiger partial charge < -0.3 is 10.1 Å². The predicted molar refractivity (Wildman–Crippen MR) is 85.3 cm³/mol. The number of aromatic nitrogens is 1. The first-order valence-electron chi connectivity index (χ1n) is 6.49. The van der Waals surface area contributed by atoms with Gasteiger partial charge in [-0.25, -0.2) is 0 Å². The number of benzene rings is 1. The standard InChI is InChI=1S/C16H19BrN2O/c1-10-5-12(6-11(2)15(10)17)16(18-3)13-7-14(20-4)9-19-8-13/h5-9,16,18H,1-4H3. The first-order chi connectivity index (χ1) is 9.56. The molecule has 0 bridgehead atoms. The van der Waals surface area contributed by atoms with Gasteiger partial charge in [0.25, 0.3) is 0 Å². The smallest absolute Gasteiger partial charge is 0.137 e. The molecule has 2 aromatic rings. The fourth-order valence-corrected chi connectivity index (χ4v) is 2.61. The topological polar surface area (TPSA) is 34.2 Å². The second kappa shape index (κ2) is 6.37. The minimum absolute atomic E-state index is 0.100. The second-order valence-corrected chi connectivity index (χ2v) is 5.64. The van der Waals surface area contributed by atoms with Crippen LogP contribution < -0.4 is 10.1 Å². The van der Waals surface area contributed by atoms with Crippen molar-refractivity contribution in [3.8, 4) is 5.75 Å². The number of rotatable bonds is 4. The zero-order valence-corrected chi connectivity index (χ0v) is 13.8. The van der Waals surface area contributed by atoms with E-state index in [1.54, 1.807) is 13.3 Å². The third-order valence-electron chi connectivity index (χ3n) is 3.38. The summed E-state index contributed by atoms with van der Waals surface area (Å²) in [6, 6.07) is 6.50. The molecule has 3 nitrogen and oxygen atoms in total. The fraction of sp³-hybridized carbons (Fsp3) is 0.312. The lowest BCUT2D eigenvalue weighted by molar-refractivity contribution is 0.411. The summed E-state index contributed by atoms with van der Waals surface area (Å²) in [6.07, 6.45) is 3.59. The van der Waals surface area contributed by atoms with Crippen molar-refractivity contribution >= 4 is 15.9 Å². The van der Waals surface area contributed by atoms with Crippen molar-refractivity contribution in [1.29, 1.82) is 0 Å². The van der Waals surface area contributed by atoms with Crippen molar-refractivity contribution in [1.82, 2.24) is 10.3 Å². The van der Waals surface area contributed by atoms with Gasteiger partial charge in [0.2, 0.25) is 0 Å². The maximum atomic E-state index is 5.25. The lowest BCUT2D eigenvalue weighted by atomic mass is 9.96. The molecular formula is C16H19BrN2O. The highest BCUT2D eigenvalue weighted by molar-refractivity contribution is 9.10. The van der Waals surface area contributed by atoms with E-state index in [-0.39, 0.29) is 6.04 Å². The Hall–Kier alpha value is -1.39. The Morgan fingerprint density at radius 1 is 1.10 bits per heavy atom. The molecule has 2 rings (SSSR count). The van der Waals surface area contributed by atoms with Gasteiger partial charge in [-0.3, -0.25) is 4.98 Å². The minimum atomic E-state index is 0.100. The lowest BCUT2D eigenvalue weighted by Gasteiger charge is -2.19. The molecule has 1 aromatic carbocycles. The third kappa shape index (κ3) is 3.02. The number of pyridine rings is 1. The van der Waals surface area contributed by atoms with Crippen molar-refractivity contribution in [3.05, 3.63) is 57.3 Å². The number of aryl methyl sites for hydroxylation is 2. The normalized spacial score (nSPS) is 12.2. The van der Waals surface area contributed by atoms with Crippen molar-refractivity contribution in [2.24, 2.45) is 0 Å². The van der Waals surface area contributed by atoms with E-state index in [0.717, 1.165) is 11.3 Å². The molecule has 0 radical (unpaired) electrons. The van der Waals surface area contributed by atoms with Gasteiger partial charge in [-0.05, 0) is 49.2 Å². The Labute approximate surface area is 128 Å². The molecule has 1 N–H and O–H groups in total. The van der Waals surface area contributed by atoms with Crippen LogP contribution in [0.1, 0.15) is 28.3 Å². The van der Waals surface area contributed by atoms with E-state index in [1.807, 2.05) is 19.3 Å². The maximum absolute atomic E-state index is 5.25. The molecule has 0 aliphatic rings. The van der Waals surface area contributed by atoms with Gasteiger partial charge in [-0.1, -0.05) is 28.1 Å². The van der Waals surface area contributed by atoms with Gasteiger partial charge in [0, 0.05) is 10.7 Å². The van der Waals surface area contributed by atoms with E-state index in [0.29, 0.717) is 0 Å². The summed E-state index contributed by atoms with van der Waals surface area (Å²) in [4.78, 5) is 4.24. The van der Waals surface area contributed by atoms with Gasteiger partial charge in [0.1, 0.15) is 5.75 Å². The van der Waals surface area contributed by atoms with Crippen LogP contribution in [0.2, 0.25) is 0 Å². The molecular weight excluding hydrogens is 316 g/mol. The van der Waals surface area contributed by atoms with Gasteiger partial charge in [-0.2, -0.15) is 0 Å². The Bertz CT molecular complexity index is 590. The molecule has 1 unspecified atom stereocenters. The molecule has 0 aliphatic heterocycles. The number of hydrogen-bond donors (Lipinski definition) is 1. The maximum Gasteiger partial charge on any atom is 0.137 e.